The molecular weight excluding hydrogens is 200 g/mol. The highest BCUT2D eigenvalue weighted by Gasteiger charge is 2.17. The van der Waals surface area contributed by atoms with Gasteiger partial charge in [-0.3, -0.25) is 4.79 Å². The van der Waals surface area contributed by atoms with E-state index in [9.17, 15) is 4.79 Å². The Kier molecular flexibility index (Phi) is 4.99. The van der Waals surface area contributed by atoms with Gasteiger partial charge in [0, 0.05) is 13.1 Å². The molecule has 16 heavy (non-hydrogen) atoms. The molecule has 0 aliphatic rings. The standard InChI is InChI=1S/C13H20N2O/c1-3-12(14)13(16)15(4-2)10-11-8-6-5-7-9-11/h5-9,12H,3-4,10,14H2,1-2H3/t12-/m1/s1. The summed E-state index contributed by atoms with van der Waals surface area (Å²) in [5.74, 6) is 0.0360. The Bertz CT molecular complexity index is 324. The lowest BCUT2D eigenvalue weighted by molar-refractivity contribution is -0.133. The summed E-state index contributed by atoms with van der Waals surface area (Å²) in [6.45, 7) is 5.24. The Morgan fingerprint density at radius 2 is 1.94 bits per heavy atom. The van der Waals surface area contributed by atoms with Gasteiger partial charge in [-0.05, 0) is 18.9 Å². The van der Waals surface area contributed by atoms with Gasteiger partial charge in [-0.2, -0.15) is 0 Å². The van der Waals surface area contributed by atoms with Crippen LogP contribution in [0.1, 0.15) is 25.8 Å². The van der Waals surface area contributed by atoms with E-state index < -0.39 is 0 Å². The molecule has 0 heterocycles. The van der Waals surface area contributed by atoms with Crippen LogP contribution in [0.15, 0.2) is 30.3 Å². The fourth-order valence-corrected chi connectivity index (χ4v) is 1.56. The van der Waals surface area contributed by atoms with Gasteiger partial charge in [0.2, 0.25) is 5.91 Å². The Balaban J connectivity index is 2.66. The molecule has 2 N–H and O–H groups in total. The number of amides is 1. The highest BCUT2D eigenvalue weighted by Crippen LogP contribution is 2.06. The zero-order valence-electron chi connectivity index (χ0n) is 10.0. The summed E-state index contributed by atoms with van der Waals surface area (Å²) in [5, 5.41) is 0. The molecule has 0 aliphatic carbocycles. The first-order chi connectivity index (χ1) is 7.69. The number of likely N-dealkylation sites (N-methyl/N-ethyl adjacent to an activating group) is 1. The van der Waals surface area contributed by atoms with Crippen LogP contribution in [0, 0.1) is 0 Å². The summed E-state index contributed by atoms with van der Waals surface area (Å²) >= 11 is 0. The number of rotatable bonds is 5. The third kappa shape index (κ3) is 3.35. The molecule has 3 heteroatoms. The maximum Gasteiger partial charge on any atom is 0.239 e. The molecule has 0 saturated carbocycles. The Labute approximate surface area is 97.2 Å². The van der Waals surface area contributed by atoms with Crippen molar-refractivity contribution in [1.82, 2.24) is 4.90 Å². The largest absolute Gasteiger partial charge is 0.337 e. The molecule has 0 unspecified atom stereocenters. The number of carbonyl (C=O) groups excluding carboxylic acids is 1. The van der Waals surface area contributed by atoms with E-state index in [1.807, 2.05) is 44.2 Å². The quantitative estimate of drug-likeness (QED) is 0.822. The highest BCUT2D eigenvalue weighted by molar-refractivity contribution is 5.81. The maximum absolute atomic E-state index is 11.9. The van der Waals surface area contributed by atoms with Gasteiger partial charge in [-0.25, -0.2) is 0 Å². The predicted molar refractivity (Wildman–Crippen MR) is 65.8 cm³/mol. The van der Waals surface area contributed by atoms with E-state index >= 15 is 0 Å². The lowest BCUT2D eigenvalue weighted by Crippen LogP contribution is -2.42. The molecule has 0 spiro atoms. The van der Waals surface area contributed by atoms with Crippen molar-refractivity contribution >= 4 is 5.91 Å². The zero-order valence-corrected chi connectivity index (χ0v) is 10.0. The topological polar surface area (TPSA) is 46.3 Å². The van der Waals surface area contributed by atoms with Crippen molar-refractivity contribution in [2.75, 3.05) is 6.54 Å². The second-order valence-corrected chi connectivity index (χ2v) is 3.85. The highest BCUT2D eigenvalue weighted by atomic mass is 16.2. The van der Waals surface area contributed by atoms with Crippen LogP contribution in [0.3, 0.4) is 0 Å². The van der Waals surface area contributed by atoms with Gasteiger partial charge in [0.05, 0.1) is 6.04 Å². The second-order valence-electron chi connectivity index (χ2n) is 3.85. The van der Waals surface area contributed by atoms with E-state index in [0.29, 0.717) is 19.5 Å². The smallest absolute Gasteiger partial charge is 0.239 e. The molecule has 0 fully saturated rings. The van der Waals surface area contributed by atoms with Crippen LogP contribution in [-0.2, 0) is 11.3 Å². The van der Waals surface area contributed by atoms with E-state index in [1.54, 1.807) is 4.90 Å². The number of nitrogens with two attached hydrogens (primary N) is 1. The minimum absolute atomic E-state index is 0.0360. The Morgan fingerprint density at radius 1 is 1.31 bits per heavy atom. The molecule has 0 radical (unpaired) electrons. The molecule has 1 aromatic carbocycles. The van der Waals surface area contributed by atoms with Gasteiger partial charge in [0.25, 0.3) is 0 Å². The Morgan fingerprint density at radius 3 is 2.44 bits per heavy atom. The molecule has 0 bridgehead atoms. The van der Waals surface area contributed by atoms with E-state index in [1.165, 1.54) is 0 Å². The average molecular weight is 220 g/mol. The van der Waals surface area contributed by atoms with Crippen LogP contribution >= 0.6 is 0 Å². The van der Waals surface area contributed by atoms with Crippen LogP contribution in [0.25, 0.3) is 0 Å². The molecule has 1 atom stereocenters. The summed E-state index contributed by atoms with van der Waals surface area (Å²) in [6, 6.07) is 9.60. The summed E-state index contributed by atoms with van der Waals surface area (Å²) in [4.78, 5) is 13.7. The van der Waals surface area contributed by atoms with Crippen LogP contribution in [0.4, 0.5) is 0 Å². The first-order valence-electron chi connectivity index (χ1n) is 5.77. The van der Waals surface area contributed by atoms with Crippen molar-refractivity contribution in [3.8, 4) is 0 Å². The van der Waals surface area contributed by atoms with Crippen LogP contribution in [-0.4, -0.2) is 23.4 Å². The number of nitrogens with zero attached hydrogens (tertiary/aromatic N) is 1. The molecule has 0 saturated heterocycles. The van der Waals surface area contributed by atoms with Gasteiger partial charge >= 0.3 is 0 Å². The minimum Gasteiger partial charge on any atom is -0.337 e. The SMILES string of the molecule is CC[C@@H](N)C(=O)N(CC)Cc1ccccc1. The van der Waals surface area contributed by atoms with E-state index in [4.69, 9.17) is 5.73 Å². The number of benzene rings is 1. The Hall–Kier alpha value is -1.35. The monoisotopic (exact) mass is 220 g/mol. The average Bonchev–Trinajstić information content (AvgIpc) is 2.35. The number of hydrogen-bond donors (Lipinski definition) is 1. The lowest BCUT2D eigenvalue weighted by Gasteiger charge is -2.23. The van der Waals surface area contributed by atoms with E-state index in [-0.39, 0.29) is 11.9 Å². The molecule has 88 valence electrons. The molecule has 1 aromatic rings. The second kappa shape index (κ2) is 6.28. The molecular formula is C13H20N2O. The fourth-order valence-electron chi connectivity index (χ4n) is 1.56. The molecule has 1 rings (SSSR count). The molecule has 3 nitrogen and oxygen atoms in total. The number of carbonyl (C=O) groups is 1. The third-order valence-corrected chi connectivity index (χ3v) is 2.67. The van der Waals surface area contributed by atoms with Crippen molar-refractivity contribution in [2.24, 2.45) is 5.73 Å². The van der Waals surface area contributed by atoms with Crippen molar-refractivity contribution < 1.29 is 4.79 Å². The first-order valence-corrected chi connectivity index (χ1v) is 5.77. The van der Waals surface area contributed by atoms with Crippen LogP contribution < -0.4 is 5.73 Å². The van der Waals surface area contributed by atoms with Crippen molar-refractivity contribution in [3.63, 3.8) is 0 Å². The minimum atomic E-state index is -0.372. The molecule has 0 aliphatic heterocycles. The van der Waals surface area contributed by atoms with Crippen molar-refractivity contribution in [1.29, 1.82) is 0 Å². The maximum atomic E-state index is 11.9. The van der Waals surface area contributed by atoms with Gasteiger partial charge in [-0.1, -0.05) is 37.3 Å². The lowest BCUT2D eigenvalue weighted by atomic mass is 10.1. The van der Waals surface area contributed by atoms with Gasteiger partial charge < -0.3 is 10.6 Å². The number of hydrogen-bond acceptors (Lipinski definition) is 2. The molecule has 1 amide bonds. The predicted octanol–water partition coefficient (Wildman–Crippen LogP) is 1.77. The van der Waals surface area contributed by atoms with Gasteiger partial charge in [-0.15, -0.1) is 0 Å². The summed E-state index contributed by atoms with van der Waals surface area (Å²) in [5.41, 5.74) is 6.90. The van der Waals surface area contributed by atoms with Gasteiger partial charge in [0.15, 0.2) is 0 Å². The first kappa shape index (κ1) is 12.7. The summed E-state index contributed by atoms with van der Waals surface area (Å²) in [7, 11) is 0. The van der Waals surface area contributed by atoms with Crippen molar-refractivity contribution in [3.05, 3.63) is 35.9 Å². The fraction of sp³-hybridized carbons (Fsp3) is 0.462. The third-order valence-electron chi connectivity index (χ3n) is 2.67. The van der Waals surface area contributed by atoms with Gasteiger partial charge in [0.1, 0.15) is 0 Å². The van der Waals surface area contributed by atoms with Crippen LogP contribution in [0.2, 0.25) is 0 Å². The normalized spacial score (nSPS) is 12.2. The van der Waals surface area contributed by atoms with E-state index in [2.05, 4.69) is 0 Å². The van der Waals surface area contributed by atoms with Crippen LogP contribution in [0.5, 0.6) is 0 Å². The van der Waals surface area contributed by atoms with E-state index in [0.717, 1.165) is 5.56 Å². The summed E-state index contributed by atoms with van der Waals surface area (Å²) in [6.07, 6.45) is 0.685. The van der Waals surface area contributed by atoms with Crippen molar-refractivity contribution in [2.45, 2.75) is 32.9 Å². The molecule has 0 aromatic heterocycles. The zero-order chi connectivity index (χ0) is 12.0. The summed E-state index contributed by atoms with van der Waals surface area (Å²) < 4.78 is 0.